The molecule has 0 saturated carbocycles. The second-order valence-electron chi connectivity index (χ2n) is 6.31. The highest BCUT2D eigenvalue weighted by Crippen LogP contribution is 1.98. The van der Waals surface area contributed by atoms with Crippen LogP contribution in [0.5, 0.6) is 0 Å². The van der Waals surface area contributed by atoms with Gasteiger partial charge in [0.1, 0.15) is 0 Å². The first kappa shape index (κ1) is 16.2. The van der Waals surface area contributed by atoms with Crippen molar-refractivity contribution in [2.45, 2.75) is 59.5 Å². The Morgan fingerprint density at radius 1 is 1.00 bits per heavy atom. The zero-order chi connectivity index (χ0) is 13.5. The molecule has 3 N–H and O–H groups in total. The lowest BCUT2D eigenvalue weighted by Gasteiger charge is -2.24. The summed E-state index contributed by atoms with van der Waals surface area (Å²) in [6.45, 7) is 17.5. The molecule has 102 valence electrons. The van der Waals surface area contributed by atoms with E-state index >= 15 is 0 Å². The molecule has 0 aliphatic heterocycles. The molecule has 0 unspecified atom stereocenters. The Kier molecular flexibility index (Phi) is 6.53. The van der Waals surface area contributed by atoms with E-state index in [9.17, 15) is 0 Å². The quantitative estimate of drug-likeness (QED) is 0.400. The lowest BCUT2D eigenvalue weighted by atomic mass is 10.1. The van der Waals surface area contributed by atoms with Crippen LogP contribution in [0.15, 0.2) is 4.99 Å². The van der Waals surface area contributed by atoms with Gasteiger partial charge in [-0.15, -0.1) is 0 Å². The molecular formula is C13H30N4. The van der Waals surface area contributed by atoms with E-state index in [0.717, 1.165) is 25.6 Å². The molecule has 0 saturated heterocycles. The Morgan fingerprint density at radius 3 is 2.00 bits per heavy atom. The van der Waals surface area contributed by atoms with Crippen molar-refractivity contribution in [1.29, 1.82) is 0 Å². The van der Waals surface area contributed by atoms with Crippen LogP contribution in [-0.4, -0.2) is 36.7 Å². The number of hydrogen-bond donors (Lipinski definition) is 3. The molecule has 0 fully saturated rings. The van der Waals surface area contributed by atoms with Crippen LogP contribution in [0.3, 0.4) is 0 Å². The molecule has 0 aromatic carbocycles. The van der Waals surface area contributed by atoms with Gasteiger partial charge >= 0.3 is 0 Å². The monoisotopic (exact) mass is 242 g/mol. The van der Waals surface area contributed by atoms with Gasteiger partial charge < -0.3 is 16.0 Å². The third-order valence-corrected chi connectivity index (χ3v) is 1.87. The van der Waals surface area contributed by atoms with Crippen molar-refractivity contribution in [3.05, 3.63) is 0 Å². The molecular weight excluding hydrogens is 212 g/mol. The Hall–Kier alpha value is -0.770. The van der Waals surface area contributed by atoms with Gasteiger partial charge in [0.05, 0.1) is 6.54 Å². The summed E-state index contributed by atoms with van der Waals surface area (Å²) in [4.78, 5) is 4.53. The van der Waals surface area contributed by atoms with Gasteiger partial charge in [-0.1, -0.05) is 0 Å². The van der Waals surface area contributed by atoms with E-state index in [1.807, 2.05) is 0 Å². The van der Waals surface area contributed by atoms with Gasteiger partial charge in [-0.3, -0.25) is 4.99 Å². The number of nitrogens with one attached hydrogen (secondary N) is 3. The predicted molar refractivity (Wildman–Crippen MR) is 76.6 cm³/mol. The number of aliphatic imine (C=N–C) groups is 1. The first-order valence-electron chi connectivity index (χ1n) is 6.45. The minimum absolute atomic E-state index is 0.0401. The first-order chi connectivity index (χ1) is 7.64. The average molecular weight is 242 g/mol. The van der Waals surface area contributed by atoms with Crippen molar-refractivity contribution in [1.82, 2.24) is 16.0 Å². The smallest absolute Gasteiger partial charge is 0.191 e. The average Bonchev–Trinajstić information content (AvgIpc) is 2.08. The van der Waals surface area contributed by atoms with Gasteiger partial charge in [0, 0.05) is 24.2 Å². The van der Waals surface area contributed by atoms with Crippen molar-refractivity contribution in [3.63, 3.8) is 0 Å². The summed E-state index contributed by atoms with van der Waals surface area (Å²) < 4.78 is 0. The van der Waals surface area contributed by atoms with Crippen molar-refractivity contribution in [2.24, 2.45) is 4.99 Å². The van der Waals surface area contributed by atoms with Crippen LogP contribution in [-0.2, 0) is 0 Å². The maximum Gasteiger partial charge on any atom is 0.191 e. The van der Waals surface area contributed by atoms with E-state index in [4.69, 9.17) is 0 Å². The highest BCUT2D eigenvalue weighted by Gasteiger charge is 2.11. The third-order valence-electron chi connectivity index (χ3n) is 1.87. The highest BCUT2D eigenvalue weighted by molar-refractivity contribution is 5.80. The molecule has 0 rings (SSSR count). The summed E-state index contributed by atoms with van der Waals surface area (Å²) in [5.41, 5.74) is 0.198. The molecule has 0 heterocycles. The van der Waals surface area contributed by atoms with Crippen LogP contribution in [0.1, 0.15) is 48.5 Å². The van der Waals surface area contributed by atoms with Crippen LogP contribution < -0.4 is 16.0 Å². The minimum Gasteiger partial charge on any atom is -0.357 e. The van der Waals surface area contributed by atoms with Gasteiger partial charge in [-0.25, -0.2) is 0 Å². The highest BCUT2D eigenvalue weighted by atomic mass is 15.2. The summed E-state index contributed by atoms with van der Waals surface area (Å²) in [6, 6.07) is 0. The van der Waals surface area contributed by atoms with Gasteiger partial charge in [0.25, 0.3) is 0 Å². The Bertz CT molecular complexity index is 233. The van der Waals surface area contributed by atoms with Crippen molar-refractivity contribution in [2.75, 3.05) is 19.6 Å². The fourth-order valence-electron chi connectivity index (χ4n) is 1.26. The number of nitrogens with zero attached hydrogens (tertiary/aromatic N) is 1. The van der Waals surface area contributed by atoms with Crippen LogP contribution in [0.4, 0.5) is 0 Å². The summed E-state index contributed by atoms with van der Waals surface area (Å²) in [5, 5.41) is 10.0. The number of hydrogen-bond acceptors (Lipinski definition) is 2. The SMILES string of the molecule is CCNC(=NCCNC(C)(C)C)NC(C)(C)C. The molecule has 17 heavy (non-hydrogen) atoms. The predicted octanol–water partition coefficient (Wildman–Crippen LogP) is 1.73. The summed E-state index contributed by atoms with van der Waals surface area (Å²) in [5.74, 6) is 0.885. The van der Waals surface area contributed by atoms with E-state index in [2.05, 4.69) is 69.4 Å². The molecule has 0 aromatic rings. The fourth-order valence-corrected chi connectivity index (χ4v) is 1.26. The molecule has 0 atom stereocenters. The Labute approximate surface area is 107 Å². The lowest BCUT2D eigenvalue weighted by Crippen LogP contribution is -2.48. The lowest BCUT2D eigenvalue weighted by molar-refractivity contribution is 0.432. The standard InChI is InChI=1S/C13H30N4/c1-8-14-11(17-13(5,6)7)15-9-10-16-12(2,3)4/h16H,8-10H2,1-7H3,(H2,14,15,17). The maximum absolute atomic E-state index is 4.53. The van der Waals surface area contributed by atoms with E-state index in [1.54, 1.807) is 0 Å². The Balaban J connectivity index is 4.13. The van der Waals surface area contributed by atoms with E-state index in [1.165, 1.54) is 0 Å². The maximum atomic E-state index is 4.53. The zero-order valence-corrected chi connectivity index (χ0v) is 12.6. The van der Waals surface area contributed by atoms with Crippen molar-refractivity contribution < 1.29 is 0 Å². The second kappa shape index (κ2) is 6.84. The number of guanidine groups is 1. The van der Waals surface area contributed by atoms with Crippen LogP contribution in [0, 0.1) is 0 Å². The first-order valence-corrected chi connectivity index (χ1v) is 6.45. The molecule has 4 nitrogen and oxygen atoms in total. The normalized spacial score (nSPS) is 13.7. The van der Waals surface area contributed by atoms with E-state index < -0.39 is 0 Å². The molecule has 0 amide bonds. The summed E-state index contributed by atoms with van der Waals surface area (Å²) in [6.07, 6.45) is 0. The van der Waals surface area contributed by atoms with Crippen LogP contribution >= 0.6 is 0 Å². The fraction of sp³-hybridized carbons (Fsp3) is 0.923. The third kappa shape index (κ3) is 11.5. The van der Waals surface area contributed by atoms with Crippen LogP contribution in [0.25, 0.3) is 0 Å². The molecule has 0 aliphatic rings. The van der Waals surface area contributed by atoms with E-state index in [0.29, 0.717) is 0 Å². The molecule has 0 aromatic heterocycles. The van der Waals surface area contributed by atoms with E-state index in [-0.39, 0.29) is 11.1 Å². The van der Waals surface area contributed by atoms with Gasteiger partial charge in [0.2, 0.25) is 0 Å². The molecule has 0 radical (unpaired) electrons. The topological polar surface area (TPSA) is 48.5 Å². The zero-order valence-electron chi connectivity index (χ0n) is 12.6. The van der Waals surface area contributed by atoms with Gasteiger partial charge in [0.15, 0.2) is 5.96 Å². The minimum atomic E-state index is 0.0401. The second-order valence-corrected chi connectivity index (χ2v) is 6.31. The number of rotatable bonds is 4. The summed E-state index contributed by atoms with van der Waals surface area (Å²) in [7, 11) is 0. The largest absolute Gasteiger partial charge is 0.357 e. The Morgan fingerprint density at radius 2 is 1.59 bits per heavy atom. The van der Waals surface area contributed by atoms with Crippen molar-refractivity contribution >= 4 is 5.96 Å². The molecule has 0 aliphatic carbocycles. The van der Waals surface area contributed by atoms with Gasteiger partial charge in [-0.2, -0.15) is 0 Å². The van der Waals surface area contributed by atoms with Crippen LogP contribution in [0.2, 0.25) is 0 Å². The van der Waals surface area contributed by atoms with Gasteiger partial charge in [-0.05, 0) is 48.5 Å². The summed E-state index contributed by atoms with van der Waals surface area (Å²) >= 11 is 0. The molecule has 0 bridgehead atoms. The molecule has 4 heteroatoms. The molecule has 0 spiro atoms. The van der Waals surface area contributed by atoms with Crippen molar-refractivity contribution in [3.8, 4) is 0 Å².